The zero-order valence-corrected chi connectivity index (χ0v) is 28.5. The van der Waals surface area contributed by atoms with E-state index in [1.54, 1.807) is 6.20 Å². The second-order valence-corrected chi connectivity index (χ2v) is 7.39. The minimum absolute atomic E-state index is 0.508. The quantitative estimate of drug-likeness (QED) is 0.0693. The van der Waals surface area contributed by atoms with Crippen molar-refractivity contribution in [2.45, 2.75) is 61.8 Å². The van der Waals surface area contributed by atoms with Gasteiger partial charge in [0.1, 0.15) is 0 Å². The Bertz CT molecular complexity index is 466. The fraction of sp³-hybridized carbons (Fsp3) is 0.933. The second-order valence-electron chi connectivity index (χ2n) is 7.39. The first-order valence-electron chi connectivity index (χ1n) is 15.9. The second kappa shape index (κ2) is 49.6. The molecule has 0 bridgehead atoms. The van der Waals surface area contributed by atoms with Gasteiger partial charge in [0.15, 0.2) is 0 Å². The molecule has 4 N–H and O–H groups in total. The Kier molecular flexibility index (Phi) is 56.5. The Balaban J connectivity index is -0.00000112. The highest BCUT2D eigenvalue weighted by Crippen LogP contribution is 1.92. The molecule has 0 unspecified atom stereocenters. The first-order chi connectivity index (χ1) is 20.7. The molecule has 0 radical (unpaired) electrons. The van der Waals surface area contributed by atoms with E-state index >= 15 is 0 Å². The van der Waals surface area contributed by atoms with Crippen LogP contribution < -0.4 is 11.6 Å². The number of rotatable bonds is 30. The smallest absolute Gasteiger partial charge is 0.0701 e. The number of hydrogen-bond acceptors (Lipinski definition) is 12. The van der Waals surface area contributed by atoms with Crippen LogP contribution in [-0.2, 0) is 42.6 Å². The van der Waals surface area contributed by atoms with Crippen molar-refractivity contribution in [3.8, 4) is 0 Å². The summed E-state index contributed by atoms with van der Waals surface area (Å²) in [6.07, 6.45) is 2.49. The maximum Gasteiger partial charge on any atom is 0.0701 e. The summed E-state index contributed by atoms with van der Waals surface area (Å²) < 4.78 is 48.6. The molecule has 0 fully saturated rings. The van der Waals surface area contributed by atoms with Crippen LogP contribution in [0, 0.1) is 0 Å². The molecule has 12 nitrogen and oxygen atoms in total. The summed E-state index contributed by atoms with van der Waals surface area (Å²) in [4.78, 5) is 0. The van der Waals surface area contributed by atoms with Crippen molar-refractivity contribution in [1.29, 1.82) is 0 Å². The maximum absolute atomic E-state index is 5.77. The molecule has 0 amide bonds. The van der Waals surface area contributed by atoms with Crippen molar-refractivity contribution < 1.29 is 42.6 Å². The molecule has 0 aliphatic rings. The lowest BCUT2D eigenvalue weighted by Gasteiger charge is -2.14. The van der Waals surface area contributed by atoms with E-state index in [4.69, 9.17) is 54.2 Å². The van der Waals surface area contributed by atoms with Crippen LogP contribution >= 0.6 is 0 Å². The zero-order chi connectivity index (χ0) is 32.4. The van der Waals surface area contributed by atoms with Crippen molar-refractivity contribution in [2.24, 2.45) is 11.6 Å². The molecular formula is C30H69N3O9. The highest BCUT2D eigenvalue weighted by atomic mass is 16.6. The highest BCUT2D eigenvalue weighted by molar-refractivity contribution is 4.93. The number of nitrogens with zero attached hydrogens (tertiary/aromatic N) is 1. The van der Waals surface area contributed by atoms with Crippen LogP contribution in [0.5, 0.6) is 0 Å². The van der Waals surface area contributed by atoms with Gasteiger partial charge in [0.25, 0.3) is 0 Å². The van der Waals surface area contributed by atoms with Crippen LogP contribution in [0.15, 0.2) is 11.9 Å². The summed E-state index contributed by atoms with van der Waals surface area (Å²) in [5.41, 5.74) is 6.45. The molecule has 0 aliphatic heterocycles. The van der Waals surface area contributed by atoms with Gasteiger partial charge in [-0.05, 0) is 13.3 Å². The summed E-state index contributed by atoms with van der Waals surface area (Å²) in [5, 5.41) is 1.53. The molecule has 0 saturated heterocycles. The standard InChI is InChI=1S/C24H51N3O9.3C2H6/c1-3-24(25)23-27(26)5-6-29-9-10-31-13-14-33-17-18-35-21-22-36-20-19-34-16-15-32-12-11-30-8-7-28-4-2;3*1-2/h23H,3-22,25-26H2,1-2H3;3*1-2H3/b24-23-;;;. The molecule has 258 valence electrons. The molecule has 0 aliphatic carbocycles. The summed E-state index contributed by atoms with van der Waals surface area (Å²) >= 11 is 0. The molecule has 12 heteroatoms. The minimum Gasteiger partial charge on any atom is -0.401 e. The number of hydrogen-bond donors (Lipinski definition) is 2. The van der Waals surface area contributed by atoms with Gasteiger partial charge in [0, 0.05) is 18.5 Å². The highest BCUT2D eigenvalue weighted by Gasteiger charge is 1.97. The predicted molar refractivity (Wildman–Crippen MR) is 171 cm³/mol. The van der Waals surface area contributed by atoms with E-state index in [1.165, 1.54) is 5.01 Å². The van der Waals surface area contributed by atoms with Crippen LogP contribution in [0.1, 0.15) is 61.8 Å². The lowest BCUT2D eigenvalue weighted by atomic mass is 10.4. The van der Waals surface area contributed by atoms with Crippen molar-refractivity contribution in [2.75, 3.05) is 125 Å². The van der Waals surface area contributed by atoms with Crippen LogP contribution in [0.3, 0.4) is 0 Å². The Hall–Kier alpha value is -1.06. The van der Waals surface area contributed by atoms with Crippen LogP contribution in [0.4, 0.5) is 0 Å². The minimum atomic E-state index is 0.508. The van der Waals surface area contributed by atoms with Gasteiger partial charge in [-0.25, -0.2) is 5.84 Å². The Morgan fingerprint density at radius 1 is 0.452 bits per heavy atom. The van der Waals surface area contributed by atoms with E-state index in [1.807, 2.05) is 55.4 Å². The number of ether oxygens (including phenoxy) is 9. The van der Waals surface area contributed by atoms with Gasteiger partial charge in [0.2, 0.25) is 0 Å². The third-order valence-corrected chi connectivity index (χ3v) is 4.41. The number of hydrazine groups is 1. The molecule has 0 rings (SSSR count). The van der Waals surface area contributed by atoms with Crippen molar-refractivity contribution >= 4 is 0 Å². The van der Waals surface area contributed by atoms with E-state index in [9.17, 15) is 0 Å². The molecule has 42 heavy (non-hydrogen) atoms. The molecule has 0 aromatic rings. The normalized spacial score (nSPS) is 10.6. The van der Waals surface area contributed by atoms with E-state index < -0.39 is 0 Å². The van der Waals surface area contributed by atoms with Gasteiger partial charge in [-0.3, -0.25) is 0 Å². The van der Waals surface area contributed by atoms with Crippen molar-refractivity contribution in [1.82, 2.24) is 5.01 Å². The monoisotopic (exact) mass is 616 g/mol. The predicted octanol–water partition coefficient (Wildman–Crippen LogP) is 3.62. The molecule has 0 aromatic heterocycles. The van der Waals surface area contributed by atoms with E-state index in [0.717, 1.165) is 12.1 Å². The first-order valence-corrected chi connectivity index (χ1v) is 15.9. The lowest BCUT2D eigenvalue weighted by Crippen LogP contribution is -2.30. The average molecular weight is 616 g/mol. The Morgan fingerprint density at radius 3 is 0.929 bits per heavy atom. The molecule has 0 atom stereocenters. The maximum atomic E-state index is 5.77. The van der Waals surface area contributed by atoms with Gasteiger partial charge < -0.3 is 53.4 Å². The molecule has 0 spiro atoms. The van der Waals surface area contributed by atoms with E-state index in [2.05, 4.69) is 0 Å². The van der Waals surface area contributed by atoms with Gasteiger partial charge in [-0.15, -0.1) is 0 Å². The van der Waals surface area contributed by atoms with E-state index in [0.29, 0.717) is 125 Å². The largest absolute Gasteiger partial charge is 0.401 e. The van der Waals surface area contributed by atoms with Gasteiger partial charge in [-0.2, -0.15) is 0 Å². The summed E-state index contributed by atoms with van der Waals surface area (Å²) in [5.74, 6) is 5.77. The Morgan fingerprint density at radius 2 is 0.690 bits per heavy atom. The van der Waals surface area contributed by atoms with Gasteiger partial charge in [-0.1, -0.05) is 48.5 Å². The molecule has 0 heterocycles. The average Bonchev–Trinajstić information content (AvgIpc) is 3.03. The molecular weight excluding hydrogens is 546 g/mol. The third-order valence-electron chi connectivity index (χ3n) is 4.41. The topological polar surface area (TPSA) is 138 Å². The molecule has 0 aromatic carbocycles. The summed E-state index contributed by atoms with van der Waals surface area (Å²) in [7, 11) is 0. The number of nitrogens with two attached hydrogens (primary N) is 2. The van der Waals surface area contributed by atoms with Gasteiger partial charge >= 0.3 is 0 Å². The molecule has 0 saturated carbocycles. The van der Waals surface area contributed by atoms with E-state index in [-0.39, 0.29) is 0 Å². The zero-order valence-electron chi connectivity index (χ0n) is 28.5. The SMILES string of the molecule is CC.CC.CC.CCOCCOCCOCCOCCOCCOCCOCCOCCOCCN(N)/C=C(\N)CC. The van der Waals surface area contributed by atoms with Crippen LogP contribution in [0.2, 0.25) is 0 Å². The van der Waals surface area contributed by atoms with Crippen LogP contribution in [0.25, 0.3) is 0 Å². The van der Waals surface area contributed by atoms with Gasteiger partial charge in [0.05, 0.1) is 119 Å². The van der Waals surface area contributed by atoms with Crippen molar-refractivity contribution in [3.63, 3.8) is 0 Å². The van der Waals surface area contributed by atoms with Crippen LogP contribution in [-0.4, -0.2) is 130 Å². The first kappa shape index (κ1) is 47.9. The number of allylic oxidation sites excluding steroid dienone is 1. The third kappa shape index (κ3) is 48.7. The summed E-state index contributed by atoms with van der Waals surface area (Å²) in [6.45, 7) is 26.3. The Labute approximate surface area is 258 Å². The fourth-order valence-electron chi connectivity index (χ4n) is 2.44. The lowest BCUT2D eigenvalue weighted by molar-refractivity contribution is -0.0249. The van der Waals surface area contributed by atoms with Crippen molar-refractivity contribution in [3.05, 3.63) is 11.9 Å². The summed E-state index contributed by atoms with van der Waals surface area (Å²) in [6, 6.07) is 0. The fourth-order valence-corrected chi connectivity index (χ4v) is 2.44.